The quantitative estimate of drug-likeness (QED) is 0.632. The molecule has 2 heteroatoms. The molecule has 0 rings (SSSR count). The van der Waals surface area contributed by atoms with E-state index in [1.54, 1.807) is 0 Å². The highest BCUT2D eigenvalue weighted by atomic mass is 16.1. The molecule has 0 saturated carbocycles. The molecule has 1 amide bonds. The number of carbonyl (C=O) groups is 1. The Morgan fingerprint density at radius 3 is 2.31 bits per heavy atom. The lowest BCUT2D eigenvalue weighted by Gasteiger charge is -2.14. The maximum Gasteiger partial charge on any atom is 0.224 e. The zero-order valence-electron chi connectivity index (χ0n) is 8.97. The maximum atomic E-state index is 11.1. The van der Waals surface area contributed by atoms with Gasteiger partial charge >= 0.3 is 0 Å². The zero-order chi connectivity index (χ0) is 10.3. The van der Waals surface area contributed by atoms with Crippen LogP contribution in [0.5, 0.6) is 0 Å². The molecule has 2 nitrogen and oxygen atoms in total. The van der Waals surface area contributed by atoms with E-state index in [0.29, 0.717) is 0 Å². The second kappa shape index (κ2) is 6.70. The number of amides is 1. The number of nitrogens with two attached hydrogens (primary N) is 1. The highest BCUT2D eigenvalue weighted by molar-refractivity contribution is 5.79. The smallest absolute Gasteiger partial charge is 0.224 e. The van der Waals surface area contributed by atoms with Crippen molar-refractivity contribution in [1.29, 1.82) is 0 Å². The summed E-state index contributed by atoms with van der Waals surface area (Å²) in [5.41, 5.74) is 6.55. The summed E-state index contributed by atoms with van der Waals surface area (Å²) in [7, 11) is 0. The van der Waals surface area contributed by atoms with E-state index < -0.39 is 0 Å². The Hall–Kier alpha value is -0.790. The SMILES string of the molecule is CC/C=C(\CCC)[C@@H](CC)C(N)=O. The number of rotatable bonds is 6. The number of primary amides is 1. The predicted molar refractivity (Wildman–Crippen MR) is 56.3 cm³/mol. The molecular weight excluding hydrogens is 162 g/mol. The van der Waals surface area contributed by atoms with Crippen molar-refractivity contribution in [2.75, 3.05) is 0 Å². The summed E-state index contributed by atoms with van der Waals surface area (Å²) in [6, 6.07) is 0. The third-order valence-corrected chi connectivity index (χ3v) is 2.20. The molecule has 0 aliphatic carbocycles. The highest BCUT2D eigenvalue weighted by Crippen LogP contribution is 2.20. The van der Waals surface area contributed by atoms with Gasteiger partial charge in [0.05, 0.1) is 5.92 Å². The summed E-state index contributed by atoms with van der Waals surface area (Å²) in [4.78, 5) is 11.1. The van der Waals surface area contributed by atoms with Gasteiger partial charge in [0.15, 0.2) is 0 Å². The van der Waals surface area contributed by atoms with Gasteiger partial charge in [0, 0.05) is 0 Å². The number of carbonyl (C=O) groups excluding carboxylic acids is 1. The van der Waals surface area contributed by atoms with Gasteiger partial charge < -0.3 is 5.73 Å². The van der Waals surface area contributed by atoms with Crippen molar-refractivity contribution < 1.29 is 4.79 Å². The Bertz CT molecular complexity index is 185. The van der Waals surface area contributed by atoms with Crippen LogP contribution in [0.2, 0.25) is 0 Å². The number of allylic oxidation sites excluding steroid dienone is 1. The minimum atomic E-state index is -0.185. The summed E-state index contributed by atoms with van der Waals surface area (Å²) >= 11 is 0. The summed E-state index contributed by atoms with van der Waals surface area (Å²) in [6.45, 7) is 6.22. The van der Waals surface area contributed by atoms with Gasteiger partial charge in [-0.25, -0.2) is 0 Å². The first-order chi connectivity index (χ1) is 6.17. The Labute approximate surface area is 81.2 Å². The first-order valence-corrected chi connectivity index (χ1v) is 5.15. The third kappa shape index (κ3) is 4.11. The first-order valence-electron chi connectivity index (χ1n) is 5.15. The van der Waals surface area contributed by atoms with Crippen molar-refractivity contribution >= 4 is 5.91 Å². The molecule has 0 heterocycles. The molecule has 13 heavy (non-hydrogen) atoms. The normalized spacial score (nSPS) is 14.2. The van der Waals surface area contributed by atoms with Crippen LogP contribution in [-0.2, 0) is 4.79 Å². The predicted octanol–water partition coefficient (Wildman–Crippen LogP) is 2.63. The summed E-state index contributed by atoms with van der Waals surface area (Å²) in [5, 5.41) is 0. The maximum absolute atomic E-state index is 11.1. The van der Waals surface area contributed by atoms with Gasteiger partial charge in [0.2, 0.25) is 5.91 Å². The van der Waals surface area contributed by atoms with E-state index in [2.05, 4.69) is 19.9 Å². The van der Waals surface area contributed by atoms with Gasteiger partial charge in [-0.05, 0) is 19.3 Å². The van der Waals surface area contributed by atoms with Crippen molar-refractivity contribution in [2.24, 2.45) is 11.7 Å². The summed E-state index contributed by atoms with van der Waals surface area (Å²) in [6.07, 6.45) is 6.02. The van der Waals surface area contributed by atoms with Crippen LogP contribution in [0.1, 0.15) is 46.5 Å². The summed E-state index contributed by atoms with van der Waals surface area (Å²) < 4.78 is 0. The van der Waals surface area contributed by atoms with Gasteiger partial charge in [-0.15, -0.1) is 0 Å². The molecule has 0 saturated heterocycles. The molecule has 0 aromatic rings. The molecule has 0 spiro atoms. The lowest BCUT2D eigenvalue weighted by Crippen LogP contribution is -2.24. The molecule has 0 aliphatic rings. The van der Waals surface area contributed by atoms with E-state index in [9.17, 15) is 4.79 Å². The Kier molecular flexibility index (Phi) is 6.29. The van der Waals surface area contributed by atoms with E-state index in [1.165, 1.54) is 5.57 Å². The van der Waals surface area contributed by atoms with Crippen LogP contribution in [0.4, 0.5) is 0 Å². The fraction of sp³-hybridized carbons (Fsp3) is 0.727. The Morgan fingerprint density at radius 1 is 1.38 bits per heavy atom. The van der Waals surface area contributed by atoms with Crippen LogP contribution in [0.25, 0.3) is 0 Å². The molecule has 0 bridgehead atoms. The molecule has 0 aliphatic heterocycles. The van der Waals surface area contributed by atoms with Crippen LogP contribution < -0.4 is 5.73 Å². The average molecular weight is 183 g/mol. The first kappa shape index (κ1) is 12.2. The van der Waals surface area contributed by atoms with Crippen molar-refractivity contribution in [1.82, 2.24) is 0 Å². The minimum Gasteiger partial charge on any atom is -0.369 e. The Morgan fingerprint density at radius 2 is 2.00 bits per heavy atom. The Balaban J connectivity index is 4.48. The van der Waals surface area contributed by atoms with Crippen LogP contribution in [0, 0.1) is 5.92 Å². The lowest BCUT2D eigenvalue weighted by atomic mass is 9.91. The average Bonchev–Trinajstić information content (AvgIpc) is 2.05. The monoisotopic (exact) mass is 183 g/mol. The van der Waals surface area contributed by atoms with Crippen molar-refractivity contribution in [3.05, 3.63) is 11.6 Å². The number of hydrogen-bond donors (Lipinski definition) is 1. The van der Waals surface area contributed by atoms with Gasteiger partial charge in [-0.2, -0.15) is 0 Å². The second-order valence-electron chi connectivity index (χ2n) is 3.30. The van der Waals surface area contributed by atoms with E-state index in [1.807, 2.05) is 6.92 Å². The molecule has 2 N–H and O–H groups in total. The molecule has 0 aromatic heterocycles. The topological polar surface area (TPSA) is 43.1 Å². The van der Waals surface area contributed by atoms with Crippen molar-refractivity contribution in [2.45, 2.75) is 46.5 Å². The minimum absolute atomic E-state index is 0.0418. The van der Waals surface area contributed by atoms with Gasteiger partial charge in [-0.3, -0.25) is 4.79 Å². The fourth-order valence-corrected chi connectivity index (χ4v) is 1.62. The molecular formula is C11H21NO. The van der Waals surface area contributed by atoms with E-state index in [-0.39, 0.29) is 11.8 Å². The van der Waals surface area contributed by atoms with Crippen molar-refractivity contribution in [3.63, 3.8) is 0 Å². The van der Waals surface area contributed by atoms with Crippen molar-refractivity contribution in [3.8, 4) is 0 Å². The van der Waals surface area contributed by atoms with Gasteiger partial charge in [-0.1, -0.05) is 38.8 Å². The van der Waals surface area contributed by atoms with Crippen LogP contribution in [0.3, 0.4) is 0 Å². The largest absolute Gasteiger partial charge is 0.369 e. The highest BCUT2D eigenvalue weighted by Gasteiger charge is 2.16. The molecule has 0 aromatic carbocycles. The molecule has 0 fully saturated rings. The fourth-order valence-electron chi connectivity index (χ4n) is 1.62. The third-order valence-electron chi connectivity index (χ3n) is 2.20. The zero-order valence-corrected chi connectivity index (χ0v) is 8.97. The lowest BCUT2D eigenvalue weighted by molar-refractivity contribution is -0.120. The standard InChI is InChI=1S/C11H21NO/c1-4-7-9(8-5-2)10(6-3)11(12)13/h7,10H,4-6,8H2,1-3H3,(H2,12,13)/b9-7+/t10-/m1/s1. The van der Waals surface area contributed by atoms with Crippen LogP contribution in [0.15, 0.2) is 11.6 Å². The molecule has 0 unspecified atom stereocenters. The molecule has 76 valence electrons. The van der Waals surface area contributed by atoms with E-state index >= 15 is 0 Å². The second-order valence-corrected chi connectivity index (χ2v) is 3.30. The molecule has 1 atom stereocenters. The van der Waals surface area contributed by atoms with E-state index in [0.717, 1.165) is 25.7 Å². The van der Waals surface area contributed by atoms with Crippen LogP contribution >= 0.6 is 0 Å². The van der Waals surface area contributed by atoms with Gasteiger partial charge in [0.1, 0.15) is 0 Å². The number of hydrogen-bond acceptors (Lipinski definition) is 1. The van der Waals surface area contributed by atoms with Gasteiger partial charge in [0.25, 0.3) is 0 Å². The summed E-state index contributed by atoms with van der Waals surface area (Å²) in [5.74, 6) is -0.226. The molecule has 0 radical (unpaired) electrons. The van der Waals surface area contributed by atoms with Crippen LogP contribution in [-0.4, -0.2) is 5.91 Å². The van der Waals surface area contributed by atoms with E-state index in [4.69, 9.17) is 5.73 Å².